The molecular weight excluding hydrogens is 252 g/mol. The van der Waals surface area contributed by atoms with Crippen molar-refractivity contribution in [3.8, 4) is 0 Å². The summed E-state index contributed by atoms with van der Waals surface area (Å²) in [6, 6.07) is 8.19. The summed E-state index contributed by atoms with van der Waals surface area (Å²) in [7, 11) is 0. The van der Waals surface area contributed by atoms with Crippen LogP contribution in [0.25, 0.3) is 0 Å². The molecule has 2 aliphatic rings. The predicted molar refractivity (Wildman–Crippen MR) is 77.7 cm³/mol. The minimum atomic E-state index is -0.484. The summed E-state index contributed by atoms with van der Waals surface area (Å²) in [6.07, 6.45) is 2.51. The van der Waals surface area contributed by atoms with Crippen LogP contribution in [0.4, 0.5) is 0 Å². The molecule has 3 unspecified atom stereocenters. The second kappa shape index (κ2) is 6.25. The molecule has 3 nitrogen and oxygen atoms in total. The maximum atomic E-state index is 10.5. The van der Waals surface area contributed by atoms with Crippen LogP contribution in [0.5, 0.6) is 0 Å². The fourth-order valence-corrected chi connectivity index (χ4v) is 3.37. The third-order valence-corrected chi connectivity index (χ3v) is 4.67. The second-order valence-electron chi connectivity index (χ2n) is 6.14. The number of fused-ring (bicyclic) bond motifs is 1. The Bertz CT molecular complexity index is 440. The van der Waals surface area contributed by atoms with E-state index in [1.165, 1.54) is 5.56 Å². The zero-order valence-corrected chi connectivity index (χ0v) is 12.1. The first kappa shape index (κ1) is 14.1. The van der Waals surface area contributed by atoms with E-state index in [-0.39, 0.29) is 6.10 Å². The molecule has 1 N–H and O–H groups in total. The number of aliphatic hydroxyl groups is 1. The molecule has 0 spiro atoms. The van der Waals surface area contributed by atoms with Crippen LogP contribution in [0, 0.1) is 5.92 Å². The van der Waals surface area contributed by atoms with E-state index in [9.17, 15) is 5.11 Å². The lowest BCUT2D eigenvalue weighted by Crippen LogP contribution is -2.32. The van der Waals surface area contributed by atoms with Crippen LogP contribution in [-0.4, -0.2) is 31.0 Å². The quantitative estimate of drug-likeness (QED) is 0.922. The fourth-order valence-electron chi connectivity index (χ4n) is 3.37. The average molecular weight is 276 g/mol. The molecule has 1 saturated heterocycles. The van der Waals surface area contributed by atoms with E-state index in [0.29, 0.717) is 11.8 Å². The van der Waals surface area contributed by atoms with Gasteiger partial charge in [-0.05, 0) is 42.2 Å². The number of benzene rings is 1. The monoisotopic (exact) mass is 276 g/mol. The zero-order chi connectivity index (χ0) is 13.9. The molecule has 1 heterocycles. The van der Waals surface area contributed by atoms with Gasteiger partial charge >= 0.3 is 0 Å². The van der Waals surface area contributed by atoms with Gasteiger partial charge in [-0.25, -0.2) is 0 Å². The maximum Gasteiger partial charge on any atom is 0.105 e. The number of ether oxygens (including phenoxy) is 2. The lowest BCUT2D eigenvalue weighted by molar-refractivity contribution is -0.0747. The Balaban J connectivity index is 1.63. The highest BCUT2D eigenvalue weighted by atomic mass is 16.5. The van der Waals surface area contributed by atoms with E-state index in [2.05, 4.69) is 13.0 Å². The van der Waals surface area contributed by atoms with Gasteiger partial charge in [0.05, 0.1) is 12.7 Å². The van der Waals surface area contributed by atoms with E-state index in [1.54, 1.807) is 0 Å². The summed E-state index contributed by atoms with van der Waals surface area (Å²) in [5, 5.41) is 10.5. The van der Waals surface area contributed by atoms with Crippen molar-refractivity contribution in [3.63, 3.8) is 0 Å². The average Bonchev–Trinajstić information content (AvgIpc) is 2.50. The van der Waals surface area contributed by atoms with Crippen LogP contribution < -0.4 is 0 Å². The molecule has 1 aromatic carbocycles. The van der Waals surface area contributed by atoms with Crippen molar-refractivity contribution in [1.82, 2.24) is 0 Å². The van der Waals surface area contributed by atoms with Gasteiger partial charge in [-0.15, -0.1) is 0 Å². The third-order valence-electron chi connectivity index (χ3n) is 4.67. The normalized spacial score (nSPS) is 31.0. The highest BCUT2D eigenvalue weighted by Gasteiger charge is 2.32. The van der Waals surface area contributed by atoms with E-state index >= 15 is 0 Å². The van der Waals surface area contributed by atoms with Crippen molar-refractivity contribution >= 4 is 0 Å². The minimum absolute atomic E-state index is 0.0669. The van der Waals surface area contributed by atoms with Gasteiger partial charge in [-0.2, -0.15) is 0 Å². The second-order valence-corrected chi connectivity index (χ2v) is 6.14. The lowest BCUT2D eigenvalue weighted by Gasteiger charge is -2.35. The Morgan fingerprint density at radius 3 is 2.65 bits per heavy atom. The molecule has 1 aromatic rings. The molecule has 1 fully saturated rings. The Labute approximate surface area is 120 Å². The molecule has 1 aliphatic heterocycles. The molecule has 0 saturated carbocycles. The number of aliphatic hydroxyl groups excluding tert-OH is 1. The van der Waals surface area contributed by atoms with E-state index < -0.39 is 6.10 Å². The molecule has 0 aromatic heterocycles. The maximum absolute atomic E-state index is 10.5. The lowest BCUT2D eigenvalue weighted by atomic mass is 9.80. The first-order valence-corrected chi connectivity index (χ1v) is 7.72. The van der Waals surface area contributed by atoms with Gasteiger partial charge in [-0.1, -0.05) is 31.2 Å². The first-order valence-electron chi connectivity index (χ1n) is 7.72. The van der Waals surface area contributed by atoms with Gasteiger partial charge in [0.1, 0.15) is 6.10 Å². The standard InChI is InChI=1S/C17H24O3/c1-12-10-16(20-11-13-6-8-19-9-7-13)17(18)15-5-3-2-4-14(12)15/h2-5,12-13,16-18H,6-11H2,1H3. The minimum Gasteiger partial charge on any atom is -0.386 e. The van der Waals surface area contributed by atoms with Crippen molar-refractivity contribution in [2.24, 2.45) is 5.92 Å². The Hall–Kier alpha value is -0.900. The molecule has 0 amide bonds. The molecule has 3 rings (SSSR count). The van der Waals surface area contributed by atoms with Gasteiger partial charge < -0.3 is 14.6 Å². The van der Waals surface area contributed by atoms with Crippen LogP contribution in [0.2, 0.25) is 0 Å². The van der Waals surface area contributed by atoms with Crippen molar-refractivity contribution in [2.45, 2.75) is 44.3 Å². The van der Waals surface area contributed by atoms with Crippen LogP contribution in [0.3, 0.4) is 0 Å². The van der Waals surface area contributed by atoms with Gasteiger partial charge in [0.25, 0.3) is 0 Å². The molecule has 1 aliphatic carbocycles. The summed E-state index contributed by atoms with van der Waals surface area (Å²) in [5.74, 6) is 1.04. The van der Waals surface area contributed by atoms with Crippen molar-refractivity contribution < 1.29 is 14.6 Å². The van der Waals surface area contributed by atoms with Crippen LogP contribution >= 0.6 is 0 Å². The summed E-state index contributed by atoms with van der Waals surface area (Å²) in [5.41, 5.74) is 2.31. The van der Waals surface area contributed by atoms with Crippen LogP contribution in [-0.2, 0) is 9.47 Å². The fraction of sp³-hybridized carbons (Fsp3) is 0.647. The van der Waals surface area contributed by atoms with Gasteiger partial charge in [-0.3, -0.25) is 0 Å². The van der Waals surface area contributed by atoms with E-state index in [4.69, 9.17) is 9.47 Å². The molecule has 20 heavy (non-hydrogen) atoms. The highest BCUT2D eigenvalue weighted by molar-refractivity contribution is 5.35. The van der Waals surface area contributed by atoms with Gasteiger partial charge in [0.2, 0.25) is 0 Å². The Kier molecular flexibility index (Phi) is 4.39. The van der Waals surface area contributed by atoms with Crippen molar-refractivity contribution in [3.05, 3.63) is 35.4 Å². The van der Waals surface area contributed by atoms with Gasteiger partial charge in [0, 0.05) is 13.2 Å². The topological polar surface area (TPSA) is 38.7 Å². The number of hydrogen-bond acceptors (Lipinski definition) is 3. The SMILES string of the molecule is CC1CC(OCC2CCOCC2)C(O)c2ccccc21. The van der Waals surface area contributed by atoms with Crippen LogP contribution in [0.1, 0.15) is 49.3 Å². The molecule has 110 valence electrons. The Morgan fingerprint density at radius 2 is 1.90 bits per heavy atom. The summed E-state index contributed by atoms with van der Waals surface area (Å²) < 4.78 is 11.4. The molecule has 0 bridgehead atoms. The molecular formula is C17H24O3. The Morgan fingerprint density at radius 1 is 1.20 bits per heavy atom. The molecule has 3 atom stereocenters. The summed E-state index contributed by atoms with van der Waals surface area (Å²) in [6.45, 7) is 4.66. The molecule has 3 heteroatoms. The smallest absolute Gasteiger partial charge is 0.105 e. The summed E-state index contributed by atoms with van der Waals surface area (Å²) in [4.78, 5) is 0. The first-order chi connectivity index (χ1) is 9.75. The summed E-state index contributed by atoms with van der Waals surface area (Å²) >= 11 is 0. The number of rotatable bonds is 3. The predicted octanol–water partition coefficient (Wildman–Crippen LogP) is 3.04. The van der Waals surface area contributed by atoms with Gasteiger partial charge in [0.15, 0.2) is 0 Å². The van der Waals surface area contributed by atoms with E-state index in [1.807, 2.05) is 18.2 Å². The zero-order valence-electron chi connectivity index (χ0n) is 12.1. The van der Waals surface area contributed by atoms with Crippen LogP contribution in [0.15, 0.2) is 24.3 Å². The van der Waals surface area contributed by atoms with E-state index in [0.717, 1.165) is 44.6 Å². The highest BCUT2D eigenvalue weighted by Crippen LogP contribution is 2.39. The largest absolute Gasteiger partial charge is 0.386 e. The third kappa shape index (κ3) is 2.90. The number of hydrogen-bond donors (Lipinski definition) is 1. The van der Waals surface area contributed by atoms with Crippen molar-refractivity contribution in [1.29, 1.82) is 0 Å². The molecule has 0 radical (unpaired) electrons. The van der Waals surface area contributed by atoms with Crippen molar-refractivity contribution in [2.75, 3.05) is 19.8 Å².